The van der Waals surface area contributed by atoms with E-state index in [2.05, 4.69) is 41.7 Å². The number of hydrogen-bond acceptors (Lipinski definition) is 4. The Kier molecular flexibility index (Phi) is 4.84. The minimum atomic E-state index is -3.72. The van der Waals surface area contributed by atoms with Crippen LogP contribution in [0.1, 0.15) is 0 Å². The van der Waals surface area contributed by atoms with Crippen molar-refractivity contribution < 1.29 is 13.5 Å². The first-order valence-corrected chi connectivity index (χ1v) is 8.60. The molecule has 0 spiro atoms. The van der Waals surface area contributed by atoms with Crippen molar-refractivity contribution in [1.29, 1.82) is 0 Å². The highest BCUT2D eigenvalue weighted by Crippen LogP contribution is 2.28. The van der Waals surface area contributed by atoms with Crippen LogP contribution < -0.4 is 4.72 Å². The molecular weight excluding hydrogens is 414 g/mol. The maximum atomic E-state index is 12.2. The highest BCUT2D eigenvalue weighted by atomic mass is 79.9. The van der Waals surface area contributed by atoms with Crippen molar-refractivity contribution in [1.82, 2.24) is 9.78 Å². The topological polar surface area (TPSA) is 84.2 Å². The van der Waals surface area contributed by atoms with Crippen LogP contribution in [0.4, 0.5) is 5.69 Å². The monoisotopic (exact) mass is 423 g/mol. The van der Waals surface area contributed by atoms with Crippen LogP contribution in [0.25, 0.3) is 0 Å². The predicted molar refractivity (Wildman–Crippen MR) is 82.0 cm³/mol. The third kappa shape index (κ3) is 3.60. The molecule has 20 heavy (non-hydrogen) atoms. The molecule has 6 nitrogen and oxygen atoms in total. The van der Waals surface area contributed by atoms with Crippen LogP contribution in [0.2, 0.25) is 0 Å². The van der Waals surface area contributed by atoms with Crippen LogP contribution in [-0.2, 0) is 16.6 Å². The first-order valence-electron chi connectivity index (χ1n) is 5.53. The van der Waals surface area contributed by atoms with Gasteiger partial charge in [0.15, 0.2) is 0 Å². The van der Waals surface area contributed by atoms with Gasteiger partial charge in [0.1, 0.15) is 4.90 Å². The van der Waals surface area contributed by atoms with Crippen LogP contribution in [0.5, 0.6) is 0 Å². The molecule has 1 heterocycles. The number of sulfonamides is 1. The standard InChI is InChI=1S/C11H11Br2N3O3S/c12-8-1-2-10(13)11(5-8)15-20(18,19)9-6-14-16(7-9)3-4-17/h1-2,5-7,15,17H,3-4H2. The van der Waals surface area contributed by atoms with Gasteiger partial charge in [0.05, 0.1) is 25.0 Å². The van der Waals surface area contributed by atoms with Gasteiger partial charge in [-0.3, -0.25) is 9.40 Å². The first kappa shape index (κ1) is 15.5. The Balaban J connectivity index is 2.28. The molecule has 0 saturated carbocycles. The van der Waals surface area contributed by atoms with E-state index in [0.29, 0.717) is 10.2 Å². The number of aromatic nitrogens is 2. The third-order valence-electron chi connectivity index (χ3n) is 2.42. The lowest BCUT2D eigenvalue weighted by Crippen LogP contribution is -2.13. The minimum absolute atomic E-state index is 0.0397. The molecule has 2 N–H and O–H groups in total. The Hall–Kier alpha value is -0.900. The number of nitrogens with one attached hydrogen (secondary N) is 1. The molecule has 0 amide bonds. The lowest BCUT2D eigenvalue weighted by atomic mass is 10.3. The summed E-state index contributed by atoms with van der Waals surface area (Å²) in [6.45, 7) is 0.141. The summed E-state index contributed by atoms with van der Waals surface area (Å²) in [5, 5.41) is 12.7. The van der Waals surface area contributed by atoms with Crippen molar-refractivity contribution >= 4 is 47.6 Å². The van der Waals surface area contributed by atoms with Crippen LogP contribution in [0.3, 0.4) is 0 Å². The van der Waals surface area contributed by atoms with E-state index in [4.69, 9.17) is 5.11 Å². The lowest BCUT2D eigenvalue weighted by Gasteiger charge is -2.08. The normalized spacial score (nSPS) is 11.6. The third-order valence-corrected chi connectivity index (χ3v) is 4.93. The fraction of sp³-hybridized carbons (Fsp3) is 0.182. The fourth-order valence-electron chi connectivity index (χ4n) is 1.49. The largest absolute Gasteiger partial charge is 0.394 e. The van der Waals surface area contributed by atoms with Crippen molar-refractivity contribution in [3.63, 3.8) is 0 Å². The first-order chi connectivity index (χ1) is 9.42. The van der Waals surface area contributed by atoms with E-state index in [-0.39, 0.29) is 18.0 Å². The zero-order valence-corrected chi connectivity index (χ0v) is 14.1. The number of aliphatic hydroxyl groups is 1. The maximum absolute atomic E-state index is 12.2. The van der Waals surface area contributed by atoms with Crippen molar-refractivity contribution in [2.24, 2.45) is 0 Å². The fourth-order valence-corrected chi connectivity index (χ4v) is 3.35. The molecule has 0 bridgehead atoms. The van der Waals surface area contributed by atoms with Gasteiger partial charge in [0.2, 0.25) is 0 Å². The summed E-state index contributed by atoms with van der Waals surface area (Å²) in [5.74, 6) is 0. The molecule has 1 aromatic carbocycles. The Morgan fingerprint density at radius 2 is 2.10 bits per heavy atom. The van der Waals surface area contributed by atoms with E-state index in [1.807, 2.05) is 0 Å². The van der Waals surface area contributed by atoms with E-state index >= 15 is 0 Å². The molecular formula is C11H11Br2N3O3S. The zero-order valence-electron chi connectivity index (χ0n) is 10.1. The number of rotatable bonds is 5. The van der Waals surface area contributed by atoms with Gasteiger partial charge in [-0.05, 0) is 34.1 Å². The van der Waals surface area contributed by atoms with Crippen molar-refractivity contribution in [2.45, 2.75) is 11.4 Å². The van der Waals surface area contributed by atoms with Gasteiger partial charge in [0.25, 0.3) is 10.0 Å². The highest BCUT2D eigenvalue weighted by Gasteiger charge is 2.18. The molecule has 0 aliphatic rings. The summed E-state index contributed by atoms with van der Waals surface area (Å²) >= 11 is 6.57. The van der Waals surface area contributed by atoms with Crippen LogP contribution in [-0.4, -0.2) is 29.9 Å². The second-order valence-electron chi connectivity index (χ2n) is 3.89. The molecule has 2 aromatic rings. The SMILES string of the molecule is O=S(=O)(Nc1cc(Br)ccc1Br)c1cnn(CCO)c1. The molecule has 1 aromatic heterocycles. The maximum Gasteiger partial charge on any atom is 0.265 e. The average molecular weight is 425 g/mol. The van der Waals surface area contributed by atoms with Crippen LogP contribution in [0.15, 0.2) is 44.4 Å². The summed E-state index contributed by atoms with van der Waals surface area (Å²) in [6.07, 6.45) is 2.61. The van der Waals surface area contributed by atoms with Gasteiger partial charge in [-0.25, -0.2) is 8.42 Å². The predicted octanol–water partition coefficient (Wildman–Crippen LogP) is 2.20. The minimum Gasteiger partial charge on any atom is -0.394 e. The second kappa shape index (κ2) is 6.25. The van der Waals surface area contributed by atoms with E-state index in [0.717, 1.165) is 4.47 Å². The number of nitrogens with zero attached hydrogens (tertiary/aromatic N) is 2. The Bertz CT molecular complexity index is 715. The number of hydrogen-bond donors (Lipinski definition) is 2. The van der Waals surface area contributed by atoms with Crippen LogP contribution in [0, 0.1) is 0 Å². The number of anilines is 1. The average Bonchev–Trinajstić information content (AvgIpc) is 2.83. The van der Waals surface area contributed by atoms with Gasteiger partial charge in [-0.15, -0.1) is 0 Å². The smallest absolute Gasteiger partial charge is 0.265 e. The Morgan fingerprint density at radius 3 is 2.80 bits per heavy atom. The Labute approximate surface area is 133 Å². The van der Waals surface area contributed by atoms with E-state index in [9.17, 15) is 8.42 Å². The summed E-state index contributed by atoms with van der Waals surface area (Å²) in [4.78, 5) is 0.0397. The Morgan fingerprint density at radius 1 is 1.35 bits per heavy atom. The summed E-state index contributed by atoms with van der Waals surface area (Å²) in [5.41, 5.74) is 0.425. The van der Waals surface area contributed by atoms with Crippen molar-refractivity contribution in [3.05, 3.63) is 39.5 Å². The molecule has 9 heteroatoms. The summed E-state index contributed by atoms with van der Waals surface area (Å²) in [7, 11) is -3.72. The summed E-state index contributed by atoms with van der Waals surface area (Å²) in [6, 6.07) is 5.18. The molecule has 2 rings (SSSR count). The molecule has 0 aliphatic carbocycles. The van der Waals surface area contributed by atoms with E-state index in [1.165, 1.54) is 17.1 Å². The summed E-state index contributed by atoms with van der Waals surface area (Å²) < 4.78 is 29.7. The number of halogens is 2. The number of aliphatic hydroxyl groups excluding tert-OH is 1. The molecule has 0 saturated heterocycles. The lowest BCUT2D eigenvalue weighted by molar-refractivity contribution is 0.269. The molecule has 0 radical (unpaired) electrons. The van der Waals surface area contributed by atoms with Gasteiger partial charge in [0, 0.05) is 15.1 Å². The quantitative estimate of drug-likeness (QED) is 0.770. The number of benzene rings is 1. The zero-order chi connectivity index (χ0) is 14.8. The van der Waals surface area contributed by atoms with Crippen LogP contribution >= 0.6 is 31.9 Å². The van der Waals surface area contributed by atoms with Gasteiger partial charge in [-0.2, -0.15) is 5.10 Å². The molecule has 0 fully saturated rings. The van der Waals surface area contributed by atoms with Crippen molar-refractivity contribution in [3.8, 4) is 0 Å². The van der Waals surface area contributed by atoms with Gasteiger partial charge < -0.3 is 5.11 Å². The van der Waals surface area contributed by atoms with E-state index < -0.39 is 10.0 Å². The van der Waals surface area contributed by atoms with Crippen molar-refractivity contribution in [2.75, 3.05) is 11.3 Å². The van der Waals surface area contributed by atoms with Gasteiger partial charge in [-0.1, -0.05) is 15.9 Å². The highest BCUT2D eigenvalue weighted by molar-refractivity contribution is 9.11. The van der Waals surface area contributed by atoms with Gasteiger partial charge >= 0.3 is 0 Å². The molecule has 0 unspecified atom stereocenters. The molecule has 0 atom stereocenters. The van der Waals surface area contributed by atoms with E-state index in [1.54, 1.807) is 18.2 Å². The molecule has 0 aliphatic heterocycles. The molecule has 108 valence electrons. The second-order valence-corrected chi connectivity index (χ2v) is 7.34.